The predicted molar refractivity (Wildman–Crippen MR) is 156 cm³/mol. The second kappa shape index (κ2) is 7.92. The van der Waals surface area contributed by atoms with Gasteiger partial charge in [0.1, 0.15) is 0 Å². The van der Waals surface area contributed by atoms with Gasteiger partial charge in [-0.2, -0.15) is 0 Å². The number of rotatable bonds is 0. The van der Waals surface area contributed by atoms with Gasteiger partial charge in [0.25, 0.3) is 0 Å². The quantitative estimate of drug-likeness (QED) is 0.216. The van der Waals surface area contributed by atoms with Gasteiger partial charge >= 0.3 is 0 Å². The van der Waals surface area contributed by atoms with Crippen LogP contribution in [0, 0.1) is 70.0 Å². The molecule has 0 unspecified atom stereocenters. The number of hydrogen-bond acceptors (Lipinski definition) is 0. The van der Waals surface area contributed by atoms with Crippen LogP contribution in [-0.2, 0) is 0 Å². The van der Waals surface area contributed by atoms with Gasteiger partial charge in [0.2, 0.25) is 0 Å². The second-order valence-corrected chi connectivity index (χ2v) is 14.7. The minimum Gasteiger partial charge on any atom is -0.0910 e. The summed E-state index contributed by atoms with van der Waals surface area (Å²) in [6, 6.07) is 18.0. The lowest BCUT2D eigenvalue weighted by atomic mass is 9.50. The van der Waals surface area contributed by atoms with E-state index in [1.165, 1.54) is 110 Å². The van der Waals surface area contributed by atoms with Crippen LogP contribution in [0.1, 0.15) is 88.2 Å². The molecular weight excluding hydrogens is 456 g/mol. The lowest BCUT2D eigenvalue weighted by molar-refractivity contribution is -0.0182. The molecule has 0 atom stereocenters. The van der Waals surface area contributed by atoms with Crippen molar-refractivity contribution >= 4 is 21.5 Å². The Bertz CT molecular complexity index is 1350. The molecule has 0 aliphatic heterocycles. The first-order valence-corrected chi connectivity index (χ1v) is 15.6. The average molecular weight is 495 g/mol. The van der Waals surface area contributed by atoms with Crippen molar-refractivity contribution in [3.8, 4) is 23.7 Å². The maximum Gasteiger partial charge on any atom is 0.0403 e. The molecule has 0 spiro atoms. The Labute approximate surface area is 228 Å². The van der Waals surface area contributed by atoms with Crippen LogP contribution in [0.15, 0.2) is 48.5 Å². The predicted octanol–water partition coefficient (Wildman–Crippen LogP) is 9.13. The fraction of sp³-hybridized carbons (Fsp3) is 0.526. The van der Waals surface area contributed by atoms with Crippen molar-refractivity contribution in [3.63, 3.8) is 0 Å². The summed E-state index contributed by atoms with van der Waals surface area (Å²) in [5.74, 6) is 21.3. The van der Waals surface area contributed by atoms with E-state index < -0.39 is 0 Å². The van der Waals surface area contributed by atoms with Gasteiger partial charge in [-0.25, -0.2) is 0 Å². The molecule has 3 aromatic rings. The average Bonchev–Trinajstić information content (AvgIpc) is 2.89. The highest BCUT2D eigenvalue weighted by Gasteiger charge is 2.51. The van der Waals surface area contributed by atoms with Gasteiger partial charge in [-0.3, -0.25) is 0 Å². The van der Waals surface area contributed by atoms with Gasteiger partial charge in [0.15, 0.2) is 0 Å². The topological polar surface area (TPSA) is 0 Å². The molecule has 8 bridgehead atoms. The van der Waals surface area contributed by atoms with Gasteiger partial charge in [0.05, 0.1) is 0 Å². The van der Waals surface area contributed by atoms with E-state index in [9.17, 15) is 0 Å². The molecule has 190 valence electrons. The molecule has 11 rings (SSSR count). The molecule has 0 N–H and O–H groups in total. The van der Waals surface area contributed by atoms with Crippen LogP contribution in [0.3, 0.4) is 0 Å². The smallest absolute Gasteiger partial charge is 0.0403 e. The van der Waals surface area contributed by atoms with Crippen LogP contribution in [0.4, 0.5) is 0 Å². The zero-order valence-electron chi connectivity index (χ0n) is 22.6. The monoisotopic (exact) mass is 494 g/mol. The maximum atomic E-state index is 3.98. The van der Waals surface area contributed by atoms with E-state index in [-0.39, 0.29) is 10.8 Å². The number of benzene rings is 3. The molecule has 0 amide bonds. The lowest BCUT2D eigenvalue weighted by Gasteiger charge is -2.54. The molecule has 0 nitrogen and oxygen atoms in total. The zero-order valence-corrected chi connectivity index (χ0v) is 22.6. The van der Waals surface area contributed by atoms with Crippen LogP contribution in [0.2, 0.25) is 0 Å². The largest absolute Gasteiger partial charge is 0.0910 e. The maximum absolute atomic E-state index is 3.98. The fourth-order valence-electron chi connectivity index (χ4n) is 11.3. The zero-order chi connectivity index (χ0) is 24.9. The van der Waals surface area contributed by atoms with E-state index in [0.29, 0.717) is 0 Å². The molecule has 8 aliphatic carbocycles. The van der Waals surface area contributed by atoms with E-state index in [1.54, 1.807) is 0 Å². The van der Waals surface area contributed by atoms with Crippen molar-refractivity contribution in [2.45, 2.75) is 77.0 Å². The van der Waals surface area contributed by atoms with Gasteiger partial charge in [-0.05, 0) is 134 Å². The summed E-state index contributed by atoms with van der Waals surface area (Å²) in [7, 11) is 0. The molecule has 0 radical (unpaired) electrons. The molecule has 38 heavy (non-hydrogen) atoms. The van der Waals surface area contributed by atoms with E-state index >= 15 is 0 Å². The van der Waals surface area contributed by atoms with Crippen LogP contribution >= 0.6 is 0 Å². The van der Waals surface area contributed by atoms with Crippen LogP contribution < -0.4 is 0 Å². The van der Waals surface area contributed by atoms with Gasteiger partial charge in [0, 0.05) is 22.0 Å². The van der Waals surface area contributed by atoms with Crippen molar-refractivity contribution in [2.24, 2.45) is 46.3 Å². The summed E-state index contributed by atoms with van der Waals surface area (Å²) in [5, 5.41) is 5.22. The Balaban J connectivity index is 1.19. The third-order valence-corrected chi connectivity index (χ3v) is 11.9. The molecule has 0 heterocycles. The second-order valence-electron chi connectivity index (χ2n) is 14.7. The summed E-state index contributed by atoms with van der Waals surface area (Å²) in [4.78, 5) is 0. The molecule has 8 fully saturated rings. The summed E-state index contributed by atoms with van der Waals surface area (Å²) in [6.45, 7) is 0. The minimum atomic E-state index is 0.272. The minimum absolute atomic E-state index is 0.272. The lowest BCUT2D eigenvalue weighted by Crippen LogP contribution is -2.45. The van der Waals surface area contributed by atoms with Crippen LogP contribution in [-0.4, -0.2) is 0 Å². The van der Waals surface area contributed by atoms with E-state index in [1.807, 2.05) is 0 Å². The van der Waals surface area contributed by atoms with Crippen molar-refractivity contribution in [1.82, 2.24) is 0 Å². The van der Waals surface area contributed by atoms with Crippen LogP contribution in [0.5, 0.6) is 0 Å². The molecule has 8 aliphatic rings. The number of fused-ring (bicyclic) bond motifs is 2. The van der Waals surface area contributed by atoms with E-state index in [2.05, 4.69) is 72.2 Å². The number of hydrogen-bond donors (Lipinski definition) is 0. The molecule has 0 heteroatoms. The molecule has 0 saturated heterocycles. The third-order valence-electron chi connectivity index (χ3n) is 11.9. The SMILES string of the molecule is C(#CC12CC3CC(CC(C3)C1)C2)c1c2ccccc2c(C#CC23CC4CC(CC(C4)C2)C3)c2ccccc12. The van der Waals surface area contributed by atoms with Gasteiger partial charge < -0.3 is 0 Å². The highest BCUT2D eigenvalue weighted by molar-refractivity contribution is 6.09. The first-order chi connectivity index (χ1) is 18.6. The Kier molecular flexibility index (Phi) is 4.62. The standard InChI is InChI=1S/C38H38/c1-2-6-32-31(5-1)35(9-11-37-19-25-13-26(20-37)15-27(14-25)21-37)33-7-3-4-8-34(33)36(32)10-12-38-22-28-16-29(23-38)18-30(17-28)24-38/h1-8,25-30H,13-24H2. The van der Waals surface area contributed by atoms with Crippen molar-refractivity contribution in [3.05, 3.63) is 59.7 Å². The highest BCUT2D eigenvalue weighted by atomic mass is 14.5. The molecular formula is C38H38. The summed E-state index contributed by atoms with van der Waals surface area (Å²) < 4.78 is 0. The van der Waals surface area contributed by atoms with Gasteiger partial charge in [-0.1, -0.05) is 72.2 Å². The first kappa shape index (κ1) is 22.2. The highest BCUT2D eigenvalue weighted by Crippen LogP contribution is 2.61. The molecule has 0 aromatic heterocycles. The Morgan fingerprint density at radius 2 is 0.684 bits per heavy atom. The summed E-state index contributed by atoms with van der Waals surface area (Å²) in [5.41, 5.74) is 3.03. The van der Waals surface area contributed by atoms with Crippen LogP contribution in [0.25, 0.3) is 21.5 Å². The third kappa shape index (κ3) is 3.39. The fourth-order valence-corrected chi connectivity index (χ4v) is 11.3. The molecule has 3 aromatic carbocycles. The molecule has 8 saturated carbocycles. The summed E-state index contributed by atoms with van der Waals surface area (Å²) in [6.07, 6.45) is 16.9. The van der Waals surface area contributed by atoms with Crippen molar-refractivity contribution in [2.75, 3.05) is 0 Å². The Hall–Kier alpha value is -2.70. The summed E-state index contributed by atoms with van der Waals surface area (Å²) >= 11 is 0. The van der Waals surface area contributed by atoms with E-state index in [4.69, 9.17) is 0 Å². The Morgan fingerprint density at radius 3 is 0.947 bits per heavy atom. The van der Waals surface area contributed by atoms with Crippen molar-refractivity contribution < 1.29 is 0 Å². The first-order valence-electron chi connectivity index (χ1n) is 15.6. The van der Waals surface area contributed by atoms with Crippen molar-refractivity contribution in [1.29, 1.82) is 0 Å². The van der Waals surface area contributed by atoms with Gasteiger partial charge in [-0.15, -0.1) is 0 Å². The van der Waals surface area contributed by atoms with E-state index in [0.717, 1.165) is 35.5 Å². The normalized spacial score (nSPS) is 39.7. The Morgan fingerprint density at radius 1 is 0.421 bits per heavy atom.